The molecule has 3 aromatic rings. The van der Waals surface area contributed by atoms with Crippen LogP contribution in [0.5, 0.6) is 11.5 Å². The second kappa shape index (κ2) is 9.90. The van der Waals surface area contributed by atoms with Crippen molar-refractivity contribution < 1.29 is 14.3 Å². The molecule has 0 unspecified atom stereocenters. The van der Waals surface area contributed by atoms with Gasteiger partial charge in [-0.2, -0.15) is 0 Å². The standard InChI is InChI=1S/C26H30N4O3/c1-18-23(17-20-8-7-9-21(16-20)32-3)25(28-19(2)27-18)29-12-14-30(15-13-29)26(31)22-10-5-6-11-24(22)33-4/h5-11,16H,12-15,17H2,1-4H3. The van der Waals surface area contributed by atoms with E-state index in [1.165, 1.54) is 0 Å². The number of amides is 1. The Hall–Kier alpha value is -3.61. The number of carbonyl (C=O) groups is 1. The topological polar surface area (TPSA) is 67.8 Å². The molecule has 172 valence electrons. The van der Waals surface area contributed by atoms with Crippen molar-refractivity contribution in [3.8, 4) is 11.5 Å². The third-order valence-electron chi connectivity index (χ3n) is 6.02. The summed E-state index contributed by atoms with van der Waals surface area (Å²) < 4.78 is 10.8. The first-order valence-electron chi connectivity index (χ1n) is 11.1. The second-order valence-corrected chi connectivity index (χ2v) is 8.17. The predicted molar refractivity (Wildman–Crippen MR) is 128 cm³/mol. The molecule has 0 N–H and O–H groups in total. The molecule has 0 saturated carbocycles. The van der Waals surface area contributed by atoms with E-state index in [1.807, 2.05) is 61.2 Å². The van der Waals surface area contributed by atoms with Crippen molar-refractivity contribution in [2.75, 3.05) is 45.3 Å². The van der Waals surface area contributed by atoms with Gasteiger partial charge in [0.25, 0.3) is 5.91 Å². The van der Waals surface area contributed by atoms with Crippen LogP contribution in [0.2, 0.25) is 0 Å². The largest absolute Gasteiger partial charge is 0.497 e. The van der Waals surface area contributed by atoms with Crippen molar-refractivity contribution in [3.63, 3.8) is 0 Å². The fourth-order valence-corrected chi connectivity index (χ4v) is 4.29. The smallest absolute Gasteiger partial charge is 0.257 e. The average Bonchev–Trinajstić information content (AvgIpc) is 2.85. The molecule has 0 spiro atoms. The molecule has 1 fully saturated rings. The lowest BCUT2D eigenvalue weighted by Gasteiger charge is -2.36. The fourth-order valence-electron chi connectivity index (χ4n) is 4.29. The van der Waals surface area contributed by atoms with Crippen molar-refractivity contribution in [1.82, 2.24) is 14.9 Å². The van der Waals surface area contributed by atoms with Gasteiger partial charge in [0, 0.05) is 43.9 Å². The normalized spacial score (nSPS) is 13.7. The lowest BCUT2D eigenvalue weighted by Crippen LogP contribution is -2.49. The molecule has 1 aliphatic rings. The molecule has 4 rings (SSSR count). The van der Waals surface area contributed by atoms with Crippen LogP contribution in [-0.2, 0) is 6.42 Å². The second-order valence-electron chi connectivity index (χ2n) is 8.17. The van der Waals surface area contributed by atoms with Gasteiger partial charge < -0.3 is 19.3 Å². The number of ether oxygens (including phenoxy) is 2. The molecule has 33 heavy (non-hydrogen) atoms. The molecule has 0 atom stereocenters. The summed E-state index contributed by atoms with van der Waals surface area (Å²) in [6.45, 7) is 6.63. The number of aromatic nitrogens is 2. The third-order valence-corrected chi connectivity index (χ3v) is 6.02. The van der Waals surface area contributed by atoms with Gasteiger partial charge in [0.05, 0.1) is 19.8 Å². The molecule has 2 aromatic carbocycles. The van der Waals surface area contributed by atoms with Crippen LogP contribution in [0.1, 0.15) is 33.0 Å². The molecule has 1 aromatic heterocycles. The van der Waals surface area contributed by atoms with Gasteiger partial charge in [0.1, 0.15) is 23.1 Å². The van der Waals surface area contributed by atoms with Crippen molar-refractivity contribution >= 4 is 11.7 Å². The van der Waals surface area contributed by atoms with Crippen LogP contribution < -0.4 is 14.4 Å². The predicted octanol–water partition coefficient (Wildman–Crippen LogP) is 3.66. The fraction of sp³-hybridized carbons (Fsp3) is 0.346. The Kier molecular flexibility index (Phi) is 6.77. The number of nitrogens with zero attached hydrogens (tertiary/aromatic N) is 4. The molecule has 1 amide bonds. The number of piperazine rings is 1. The first-order chi connectivity index (χ1) is 16.0. The van der Waals surface area contributed by atoms with Gasteiger partial charge in [-0.1, -0.05) is 24.3 Å². The van der Waals surface area contributed by atoms with E-state index in [1.54, 1.807) is 14.2 Å². The van der Waals surface area contributed by atoms with E-state index in [0.717, 1.165) is 40.6 Å². The van der Waals surface area contributed by atoms with Crippen molar-refractivity contribution in [1.29, 1.82) is 0 Å². The maximum absolute atomic E-state index is 13.1. The maximum Gasteiger partial charge on any atom is 0.257 e. The van der Waals surface area contributed by atoms with Gasteiger partial charge in [0.15, 0.2) is 0 Å². The van der Waals surface area contributed by atoms with Gasteiger partial charge >= 0.3 is 0 Å². The quantitative estimate of drug-likeness (QED) is 0.576. The highest BCUT2D eigenvalue weighted by atomic mass is 16.5. The summed E-state index contributed by atoms with van der Waals surface area (Å²) in [5.41, 5.74) is 3.84. The summed E-state index contributed by atoms with van der Waals surface area (Å²) in [6, 6.07) is 15.5. The van der Waals surface area contributed by atoms with E-state index in [-0.39, 0.29) is 5.91 Å². The Bertz CT molecular complexity index is 1140. The lowest BCUT2D eigenvalue weighted by atomic mass is 10.0. The maximum atomic E-state index is 13.1. The zero-order chi connectivity index (χ0) is 23.4. The van der Waals surface area contributed by atoms with Crippen LogP contribution in [0.15, 0.2) is 48.5 Å². The van der Waals surface area contributed by atoms with Crippen LogP contribution in [0.4, 0.5) is 5.82 Å². The number of benzene rings is 2. The molecule has 2 heterocycles. The zero-order valence-corrected chi connectivity index (χ0v) is 19.7. The summed E-state index contributed by atoms with van der Waals surface area (Å²) in [4.78, 5) is 26.7. The number of carbonyl (C=O) groups excluding carboxylic acids is 1. The number of para-hydroxylation sites is 1. The van der Waals surface area contributed by atoms with Crippen molar-refractivity contribution in [2.24, 2.45) is 0 Å². The minimum Gasteiger partial charge on any atom is -0.497 e. The van der Waals surface area contributed by atoms with Crippen LogP contribution in [0.25, 0.3) is 0 Å². The van der Waals surface area contributed by atoms with Crippen LogP contribution in [0.3, 0.4) is 0 Å². The SMILES string of the molecule is COc1cccc(Cc2c(C)nc(C)nc2N2CCN(C(=O)c3ccccc3OC)CC2)c1. The van der Waals surface area contributed by atoms with Gasteiger partial charge in [-0.3, -0.25) is 4.79 Å². The molecule has 0 radical (unpaired) electrons. The minimum absolute atomic E-state index is 0.00115. The van der Waals surface area contributed by atoms with E-state index in [9.17, 15) is 4.79 Å². The molecule has 0 bridgehead atoms. The zero-order valence-electron chi connectivity index (χ0n) is 19.7. The summed E-state index contributed by atoms with van der Waals surface area (Å²) in [7, 11) is 3.27. The van der Waals surface area contributed by atoms with Gasteiger partial charge in [-0.15, -0.1) is 0 Å². The van der Waals surface area contributed by atoms with E-state index in [2.05, 4.69) is 16.0 Å². The van der Waals surface area contributed by atoms with Gasteiger partial charge in [-0.25, -0.2) is 9.97 Å². The molecule has 1 saturated heterocycles. The van der Waals surface area contributed by atoms with E-state index >= 15 is 0 Å². The van der Waals surface area contributed by atoms with Crippen LogP contribution >= 0.6 is 0 Å². The Morgan fingerprint density at radius 3 is 2.42 bits per heavy atom. The molecule has 0 aliphatic carbocycles. The number of rotatable bonds is 6. The highest BCUT2D eigenvalue weighted by Gasteiger charge is 2.26. The van der Waals surface area contributed by atoms with Crippen molar-refractivity contribution in [2.45, 2.75) is 20.3 Å². The lowest BCUT2D eigenvalue weighted by molar-refractivity contribution is 0.0743. The number of anilines is 1. The van der Waals surface area contributed by atoms with Gasteiger partial charge in [-0.05, 0) is 43.7 Å². The average molecular weight is 447 g/mol. The summed E-state index contributed by atoms with van der Waals surface area (Å²) >= 11 is 0. The van der Waals surface area contributed by atoms with E-state index in [0.29, 0.717) is 37.5 Å². The summed E-state index contributed by atoms with van der Waals surface area (Å²) in [5.74, 6) is 3.14. The Morgan fingerprint density at radius 2 is 1.70 bits per heavy atom. The number of hydrogen-bond donors (Lipinski definition) is 0. The Morgan fingerprint density at radius 1 is 0.939 bits per heavy atom. The van der Waals surface area contributed by atoms with Gasteiger partial charge in [0.2, 0.25) is 0 Å². The Balaban J connectivity index is 1.54. The van der Waals surface area contributed by atoms with E-state index < -0.39 is 0 Å². The van der Waals surface area contributed by atoms with Crippen LogP contribution in [-0.4, -0.2) is 61.2 Å². The highest BCUT2D eigenvalue weighted by molar-refractivity contribution is 5.97. The third kappa shape index (κ3) is 4.92. The first-order valence-corrected chi connectivity index (χ1v) is 11.1. The van der Waals surface area contributed by atoms with Crippen LogP contribution in [0, 0.1) is 13.8 Å². The Labute approximate surface area is 195 Å². The number of aryl methyl sites for hydroxylation is 2. The summed E-state index contributed by atoms with van der Waals surface area (Å²) in [5, 5.41) is 0. The molecule has 7 heteroatoms. The number of hydrogen-bond acceptors (Lipinski definition) is 6. The first kappa shape index (κ1) is 22.6. The van der Waals surface area contributed by atoms with Crippen molar-refractivity contribution in [3.05, 3.63) is 76.7 Å². The molecular formula is C26H30N4O3. The molecule has 7 nitrogen and oxygen atoms in total. The minimum atomic E-state index is -0.00115. The molecular weight excluding hydrogens is 416 g/mol. The van der Waals surface area contributed by atoms with E-state index in [4.69, 9.17) is 14.5 Å². The summed E-state index contributed by atoms with van der Waals surface area (Å²) in [6.07, 6.45) is 0.721. The number of methoxy groups -OCH3 is 2. The highest BCUT2D eigenvalue weighted by Crippen LogP contribution is 2.27. The molecule has 1 aliphatic heterocycles. The monoisotopic (exact) mass is 446 g/mol.